The Hall–Kier alpha value is -1.66. The first-order valence-electron chi connectivity index (χ1n) is 8.72. The number of sulfone groups is 1. The quantitative estimate of drug-likeness (QED) is 0.212. The van der Waals surface area contributed by atoms with Gasteiger partial charge in [-0.05, 0) is 17.2 Å². The lowest BCUT2D eigenvalue weighted by atomic mass is 10.1. The van der Waals surface area contributed by atoms with Crippen LogP contribution in [0.3, 0.4) is 0 Å². The summed E-state index contributed by atoms with van der Waals surface area (Å²) in [6.45, 7) is 2.49. The maximum Gasteiger partial charge on any atom is 0.191 e. The topological polar surface area (TPSA) is 97.6 Å². The van der Waals surface area contributed by atoms with Crippen LogP contribution in [-0.4, -0.2) is 63.0 Å². The van der Waals surface area contributed by atoms with Crippen LogP contribution in [-0.2, 0) is 27.7 Å². The second-order valence-corrected chi connectivity index (χ2v) is 8.33. The van der Waals surface area contributed by atoms with Crippen LogP contribution in [0.1, 0.15) is 11.1 Å². The molecule has 0 radical (unpaired) electrons. The summed E-state index contributed by atoms with van der Waals surface area (Å²) in [5.74, 6) is 0.697. The van der Waals surface area contributed by atoms with Gasteiger partial charge in [-0.15, -0.1) is 24.0 Å². The van der Waals surface area contributed by atoms with E-state index < -0.39 is 9.84 Å². The van der Waals surface area contributed by atoms with Crippen LogP contribution in [0.5, 0.6) is 0 Å². The Balaban J connectivity index is 0.00000392. The molecule has 2 aromatic rings. The fourth-order valence-corrected chi connectivity index (χ4v) is 2.83. The summed E-state index contributed by atoms with van der Waals surface area (Å²) in [7, 11) is -1.28. The van der Waals surface area contributed by atoms with Gasteiger partial charge in [-0.2, -0.15) is 5.10 Å². The predicted octanol–water partition coefficient (Wildman–Crippen LogP) is 1.28. The van der Waals surface area contributed by atoms with Crippen molar-refractivity contribution in [2.45, 2.75) is 13.1 Å². The highest BCUT2D eigenvalue weighted by molar-refractivity contribution is 14.0. The van der Waals surface area contributed by atoms with Crippen LogP contribution in [0.25, 0.3) is 0 Å². The number of hydrogen-bond acceptors (Lipinski definition) is 5. The Morgan fingerprint density at radius 1 is 1.18 bits per heavy atom. The molecule has 0 aliphatic heterocycles. The van der Waals surface area contributed by atoms with E-state index >= 15 is 0 Å². The minimum atomic E-state index is -2.98. The summed E-state index contributed by atoms with van der Waals surface area (Å²) < 4.78 is 29.3. The molecule has 0 saturated heterocycles. The Bertz CT molecular complexity index is 826. The number of nitrogens with zero attached hydrogens (tertiary/aromatic N) is 3. The van der Waals surface area contributed by atoms with Gasteiger partial charge in [0.2, 0.25) is 0 Å². The molecular formula is C18H28IN5O3S. The van der Waals surface area contributed by atoms with Gasteiger partial charge in [-0.1, -0.05) is 24.3 Å². The van der Waals surface area contributed by atoms with Crippen molar-refractivity contribution in [1.82, 2.24) is 20.4 Å². The van der Waals surface area contributed by atoms with Gasteiger partial charge in [0.05, 0.1) is 25.5 Å². The van der Waals surface area contributed by atoms with Gasteiger partial charge in [0.15, 0.2) is 5.96 Å². The molecule has 0 unspecified atom stereocenters. The molecule has 1 heterocycles. The molecule has 0 aliphatic rings. The van der Waals surface area contributed by atoms with Gasteiger partial charge in [-0.25, -0.2) is 8.42 Å². The number of aromatic nitrogens is 2. The smallest absolute Gasteiger partial charge is 0.191 e. The number of benzene rings is 1. The number of hydrogen-bond donors (Lipinski definition) is 2. The van der Waals surface area contributed by atoms with E-state index in [9.17, 15) is 8.42 Å². The molecule has 0 atom stereocenters. The fourth-order valence-electron chi connectivity index (χ4n) is 2.41. The zero-order valence-corrected chi connectivity index (χ0v) is 19.3. The fraction of sp³-hybridized carbons (Fsp3) is 0.444. The first kappa shape index (κ1) is 24.4. The maximum absolute atomic E-state index is 11.0. The van der Waals surface area contributed by atoms with Crippen molar-refractivity contribution in [2.75, 3.05) is 38.8 Å². The molecule has 0 aliphatic carbocycles. The zero-order valence-electron chi connectivity index (χ0n) is 16.2. The highest BCUT2D eigenvalue weighted by Crippen LogP contribution is 2.10. The lowest BCUT2D eigenvalue weighted by molar-refractivity contribution is 0.154. The van der Waals surface area contributed by atoms with Crippen molar-refractivity contribution in [3.05, 3.63) is 53.9 Å². The van der Waals surface area contributed by atoms with Crippen LogP contribution in [0.4, 0.5) is 0 Å². The second-order valence-electron chi connectivity index (χ2n) is 6.07. The zero-order chi connectivity index (χ0) is 19.5. The standard InChI is InChI=1S/C18H27N5O3S.HI/c1-19-18(20-9-11-26-12-13-27(2,24)25)21-14-16-6-3-4-7-17(16)15-23-10-5-8-22-23;/h3-8,10H,9,11-15H2,1-2H3,(H2,19,20,21);1H. The number of nitrogens with one attached hydrogen (secondary N) is 2. The van der Waals surface area contributed by atoms with E-state index in [1.54, 1.807) is 13.2 Å². The number of aliphatic imine (C=N–C) groups is 1. The number of guanidine groups is 1. The maximum atomic E-state index is 11.0. The molecule has 2 rings (SSSR count). The molecule has 156 valence electrons. The molecule has 0 amide bonds. The van der Waals surface area contributed by atoms with E-state index in [2.05, 4.69) is 32.9 Å². The van der Waals surface area contributed by atoms with Crippen molar-refractivity contribution in [2.24, 2.45) is 4.99 Å². The Morgan fingerprint density at radius 3 is 2.57 bits per heavy atom. The first-order chi connectivity index (χ1) is 13.0. The second kappa shape index (κ2) is 12.7. The van der Waals surface area contributed by atoms with E-state index in [0.717, 1.165) is 0 Å². The SMILES string of the molecule is CN=C(NCCOCCS(C)(=O)=O)NCc1ccccc1Cn1cccn1.I. The summed E-state index contributed by atoms with van der Waals surface area (Å²) in [6.07, 6.45) is 4.91. The average molecular weight is 521 g/mol. The summed E-state index contributed by atoms with van der Waals surface area (Å²) in [6, 6.07) is 10.1. The third-order valence-corrected chi connectivity index (χ3v) is 4.73. The predicted molar refractivity (Wildman–Crippen MR) is 122 cm³/mol. The summed E-state index contributed by atoms with van der Waals surface area (Å²) in [4.78, 5) is 4.19. The molecule has 8 nitrogen and oxygen atoms in total. The Kier molecular flexibility index (Phi) is 11.1. The molecule has 0 bridgehead atoms. The summed E-state index contributed by atoms with van der Waals surface area (Å²) >= 11 is 0. The van der Waals surface area contributed by atoms with Crippen molar-refractivity contribution in [3.63, 3.8) is 0 Å². The largest absolute Gasteiger partial charge is 0.379 e. The normalized spacial score (nSPS) is 11.7. The Labute approximate surface area is 183 Å². The molecule has 1 aromatic heterocycles. The minimum absolute atomic E-state index is 0. The summed E-state index contributed by atoms with van der Waals surface area (Å²) in [5.41, 5.74) is 2.36. The molecule has 0 saturated carbocycles. The highest BCUT2D eigenvalue weighted by atomic mass is 127. The van der Waals surface area contributed by atoms with E-state index in [0.29, 0.717) is 32.2 Å². The van der Waals surface area contributed by atoms with Gasteiger partial charge in [0, 0.05) is 38.8 Å². The number of ether oxygens (including phenoxy) is 1. The van der Waals surface area contributed by atoms with E-state index in [1.165, 1.54) is 17.4 Å². The molecule has 0 spiro atoms. The third-order valence-electron chi connectivity index (χ3n) is 3.82. The monoisotopic (exact) mass is 521 g/mol. The van der Waals surface area contributed by atoms with E-state index in [-0.39, 0.29) is 36.3 Å². The third kappa shape index (κ3) is 9.51. The molecule has 0 fully saturated rings. The van der Waals surface area contributed by atoms with Gasteiger partial charge in [-0.3, -0.25) is 9.67 Å². The van der Waals surface area contributed by atoms with Gasteiger partial charge < -0.3 is 15.4 Å². The van der Waals surface area contributed by atoms with Crippen LogP contribution >= 0.6 is 24.0 Å². The Morgan fingerprint density at radius 2 is 1.93 bits per heavy atom. The van der Waals surface area contributed by atoms with E-state index in [4.69, 9.17) is 4.74 Å². The summed E-state index contributed by atoms with van der Waals surface area (Å²) in [5, 5.41) is 10.7. The minimum Gasteiger partial charge on any atom is -0.379 e. The molecule has 2 N–H and O–H groups in total. The lowest BCUT2D eigenvalue weighted by Crippen LogP contribution is -2.38. The molecule has 28 heavy (non-hydrogen) atoms. The molecular weight excluding hydrogens is 493 g/mol. The highest BCUT2D eigenvalue weighted by Gasteiger charge is 2.05. The van der Waals surface area contributed by atoms with Crippen LogP contribution in [0, 0.1) is 0 Å². The van der Waals surface area contributed by atoms with Gasteiger partial charge >= 0.3 is 0 Å². The van der Waals surface area contributed by atoms with Crippen molar-refractivity contribution >= 4 is 39.8 Å². The first-order valence-corrected chi connectivity index (χ1v) is 10.8. The van der Waals surface area contributed by atoms with Crippen molar-refractivity contribution in [3.8, 4) is 0 Å². The van der Waals surface area contributed by atoms with Crippen LogP contribution < -0.4 is 10.6 Å². The average Bonchev–Trinajstić information content (AvgIpc) is 3.14. The van der Waals surface area contributed by atoms with Gasteiger partial charge in [0.1, 0.15) is 9.84 Å². The molecule has 10 heteroatoms. The van der Waals surface area contributed by atoms with Crippen molar-refractivity contribution in [1.29, 1.82) is 0 Å². The van der Waals surface area contributed by atoms with Crippen LogP contribution in [0.2, 0.25) is 0 Å². The van der Waals surface area contributed by atoms with Crippen molar-refractivity contribution < 1.29 is 13.2 Å². The number of rotatable bonds is 10. The van der Waals surface area contributed by atoms with Gasteiger partial charge in [0.25, 0.3) is 0 Å². The van der Waals surface area contributed by atoms with Crippen LogP contribution in [0.15, 0.2) is 47.7 Å². The number of halogens is 1. The molecule has 1 aromatic carbocycles. The lowest BCUT2D eigenvalue weighted by Gasteiger charge is -2.14. The van der Waals surface area contributed by atoms with E-state index in [1.807, 2.05) is 29.1 Å².